The number of aliphatic hydroxyl groups excluding tert-OH is 1. The minimum atomic E-state index is -0.222. The number of hydrogen-bond donors (Lipinski definition) is 3. The highest BCUT2D eigenvalue weighted by Gasteiger charge is 2.35. The predicted molar refractivity (Wildman–Crippen MR) is 110 cm³/mol. The van der Waals surface area contributed by atoms with Crippen molar-refractivity contribution in [3.05, 3.63) is 0 Å². The maximum atomic E-state index is 10.4. The molecule has 3 atom stereocenters. The highest BCUT2D eigenvalue weighted by Crippen LogP contribution is 2.36. The van der Waals surface area contributed by atoms with Crippen LogP contribution in [-0.4, -0.2) is 74.0 Å². The van der Waals surface area contributed by atoms with Crippen molar-refractivity contribution in [2.24, 2.45) is 16.3 Å². The number of aliphatic imine (C=N–C) groups is 1. The molecule has 3 rings (SSSR count). The lowest BCUT2D eigenvalue weighted by Crippen LogP contribution is -2.50. The van der Waals surface area contributed by atoms with Crippen LogP contribution in [0.2, 0.25) is 0 Å². The van der Waals surface area contributed by atoms with Crippen molar-refractivity contribution in [2.45, 2.75) is 70.9 Å². The number of likely N-dealkylation sites (tertiary alicyclic amines) is 1. The van der Waals surface area contributed by atoms with E-state index < -0.39 is 0 Å². The van der Waals surface area contributed by atoms with Crippen molar-refractivity contribution in [3.63, 3.8) is 0 Å². The van der Waals surface area contributed by atoms with E-state index in [1.54, 1.807) is 0 Å². The van der Waals surface area contributed by atoms with Crippen LogP contribution < -0.4 is 10.6 Å². The molecule has 6 nitrogen and oxygen atoms in total. The molecule has 156 valence electrons. The number of nitrogens with zero attached hydrogens (tertiary/aromatic N) is 2. The Balaban J connectivity index is 1.46. The van der Waals surface area contributed by atoms with E-state index in [4.69, 9.17) is 9.73 Å². The Morgan fingerprint density at radius 2 is 2.04 bits per heavy atom. The molecule has 3 aliphatic rings. The van der Waals surface area contributed by atoms with Gasteiger partial charge in [-0.2, -0.15) is 0 Å². The van der Waals surface area contributed by atoms with Crippen molar-refractivity contribution in [3.8, 4) is 0 Å². The summed E-state index contributed by atoms with van der Waals surface area (Å²) in [6.07, 6.45) is 7.67. The van der Waals surface area contributed by atoms with Crippen LogP contribution in [0.3, 0.4) is 0 Å². The molecule has 0 radical (unpaired) electrons. The fourth-order valence-corrected chi connectivity index (χ4v) is 4.69. The summed E-state index contributed by atoms with van der Waals surface area (Å²) in [6, 6.07) is 0.489. The zero-order valence-electron chi connectivity index (χ0n) is 17.4. The monoisotopic (exact) mass is 380 g/mol. The molecular formula is C21H40N4O2. The van der Waals surface area contributed by atoms with Gasteiger partial charge in [-0.3, -0.25) is 4.99 Å². The summed E-state index contributed by atoms with van der Waals surface area (Å²) in [5, 5.41) is 17.5. The molecule has 0 bridgehead atoms. The number of nitrogens with one attached hydrogen (secondary N) is 2. The van der Waals surface area contributed by atoms with Crippen molar-refractivity contribution in [2.75, 3.05) is 45.9 Å². The Bertz CT molecular complexity index is 473. The zero-order valence-corrected chi connectivity index (χ0v) is 17.4. The molecule has 0 aromatic rings. The zero-order chi connectivity index (χ0) is 19.1. The molecule has 3 fully saturated rings. The Morgan fingerprint density at radius 3 is 2.70 bits per heavy atom. The minimum absolute atomic E-state index is 0.0761. The standard InChI is InChI=1S/C21H40N4O2/c1-3-22-20(23-16-21(2)10-5-4-6-19(21)26)24-18-7-11-25(12-8-18)14-17-9-13-27-15-17/h17-19,26H,3-16H2,1-2H3,(H2,22,23,24). The number of piperidine rings is 1. The Hall–Kier alpha value is -0.850. The molecule has 6 heteroatoms. The fourth-order valence-electron chi connectivity index (χ4n) is 4.69. The number of ether oxygens (including phenoxy) is 1. The average Bonchev–Trinajstić information content (AvgIpc) is 3.17. The SMILES string of the molecule is CCNC(=NCC1(C)CCCCC1O)NC1CCN(CC2CCOC2)CC1. The van der Waals surface area contributed by atoms with E-state index in [9.17, 15) is 5.11 Å². The van der Waals surface area contributed by atoms with Crippen LogP contribution in [0.15, 0.2) is 4.99 Å². The van der Waals surface area contributed by atoms with Crippen LogP contribution in [-0.2, 0) is 4.74 Å². The lowest BCUT2D eigenvalue weighted by Gasteiger charge is -2.37. The van der Waals surface area contributed by atoms with Gasteiger partial charge >= 0.3 is 0 Å². The number of hydrogen-bond acceptors (Lipinski definition) is 4. The molecule has 1 aliphatic carbocycles. The van der Waals surface area contributed by atoms with Crippen molar-refractivity contribution in [1.82, 2.24) is 15.5 Å². The first-order valence-corrected chi connectivity index (χ1v) is 11.1. The first-order chi connectivity index (χ1) is 13.1. The normalized spacial score (nSPS) is 34.0. The van der Waals surface area contributed by atoms with Gasteiger partial charge in [-0.25, -0.2) is 0 Å². The van der Waals surface area contributed by atoms with Gasteiger partial charge in [0.05, 0.1) is 19.3 Å². The molecule has 0 spiro atoms. The van der Waals surface area contributed by atoms with Gasteiger partial charge in [0.25, 0.3) is 0 Å². The van der Waals surface area contributed by atoms with Gasteiger partial charge in [-0.05, 0) is 44.9 Å². The Kier molecular flexibility index (Phi) is 7.79. The molecule has 2 aliphatic heterocycles. The summed E-state index contributed by atoms with van der Waals surface area (Å²) in [7, 11) is 0. The number of aliphatic hydroxyl groups is 1. The predicted octanol–water partition coefficient (Wildman–Crippen LogP) is 1.98. The smallest absolute Gasteiger partial charge is 0.191 e. The minimum Gasteiger partial charge on any atom is -0.392 e. The highest BCUT2D eigenvalue weighted by atomic mass is 16.5. The van der Waals surface area contributed by atoms with Crippen LogP contribution in [0.25, 0.3) is 0 Å². The topological polar surface area (TPSA) is 69.1 Å². The van der Waals surface area contributed by atoms with Gasteiger partial charge < -0.3 is 25.4 Å². The Morgan fingerprint density at radius 1 is 1.22 bits per heavy atom. The maximum absolute atomic E-state index is 10.4. The van der Waals surface area contributed by atoms with Crippen LogP contribution >= 0.6 is 0 Å². The van der Waals surface area contributed by atoms with E-state index in [-0.39, 0.29) is 11.5 Å². The quantitative estimate of drug-likeness (QED) is 0.486. The van der Waals surface area contributed by atoms with Gasteiger partial charge in [-0.1, -0.05) is 19.8 Å². The van der Waals surface area contributed by atoms with Crippen LogP contribution in [0.1, 0.15) is 58.8 Å². The summed E-state index contributed by atoms with van der Waals surface area (Å²) < 4.78 is 5.51. The first kappa shape index (κ1) is 20.9. The third-order valence-electron chi connectivity index (χ3n) is 6.69. The molecule has 0 aromatic heterocycles. The van der Waals surface area contributed by atoms with Gasteiger partial charge in [0, 0.05) is 44.2 Å². The molecular weight excluding hydrogens is 340 g/mol. The number of guanidine groups is 1. The van der Waals surface area contributed by atoms with Gasteiger partial charge in [0.2, 0.25) is 0 Å². The second kappa shape index (κ2) is 10.1. The van der Waals surface area contributed by atoms with Crippen LogP contribution in [0.4, 0.5) is 0 Å². The second-order valence-electron chi connectivity index (χ2n) is 9.06. The van der Waals surface area contributed by atoms with Crippen LogP contribution in [0.5, 0.6) is 0 Å². The molecule has 1 saturated carbocycles. The van der Waals surface area contributed by atoms with Gasteiger partial charge in [0.15, 0.2) is 5.96 Å². The van der Waals surface area contributed by atoms with Crippen molar-refractivity contribution in [1.29, 1.82) is 0 Å². The fraction of sp³-hybridized carbons (Fsp3) is 0.952. The lowest BCUT2D eigenvalue weighted by molar-refractivity contribution is 0.00715. The van der Waals surface area contributed by atoms with E-state index >= 15 is 0 Å². The molecule has 2 heterocycles. The van der Waals surface area contributed by atoms with Crippen LogP contribution in [0, 0.1) is 11.3 Å². The van der Waals surface area contributed by atoms with E-state index in [0.29, 0.717) is 12.6 Å². The molecule has 0 aromatic carbocycles. The third kappa shape index (κ3) is 6.06. The molecule has 2 saturated heterocycles. The van der Waals surface area contributed by atoms with Crippen molar-refractivity contribution >= 4 is 5.96 Å². The molecule has 3 N–H and O–H groups in total. The summed E-state index contributed by atoms with van der Waals surface area (Å²) in [5.74, 6) is 1.65. The first-order valence-electron chi connectivity index (χ1n) is 11.1. The van der Waals surface area contributed by atoms with Gasteiger partial charge in [-0.15, -0.1) is 0 Å². The molecule has 0 amide bonds. The van der Waals surface area contributed by atoms with E-state index in [1.807, 2.05) is 0 Å². The maximum Gasteiger partial charge on any atom is 0.191 e. The Labute approximate surface area is 165 Å². The molecule has 27 heavy (non-hydrogen) atoms. The lowest BCUT2D eigenvalue weighted by atomic mass is 9.73. The third-order valence-corrected chi connectivity index (χ3v) is 6.69. The summed E-state index contributed by atoms with van der Waals surface area (Å²) in [6.45, 7) is 11.3. The number of rotatable bonds is 6. The van der Waals surface area contributed by atoms with E-state index in [2.05, 4.69) is 29.4 Å². The summed E-state index contributed by atoms with van der Waals surface area (Å²) in [4.78, 5) is 7.46. The average molecular weight is 381 g/mol. The van der Waals surface area contributed by atoms with Gasteiger partial charge in [0.1, 0.15) is 0 Å². The summed E-state index contributed by atoms with van der Waals surface area (Å²) >= 11 is 0. The van der Waals surface area contributed by atoms with Crippen molar-refractivity contribution < 1.29 is 9.84 Å². The highest BCUT2D eigenvalue weighted by molar-refractivity contribution is 5.80. The van der Waals surface area contributed by atoms with E-state index in [1.165, 1.54) is 19.4 Å². The largest absolute Gasteiger partial charge is 0.392 e. The summed E-state index contributed by atoms with van der Waals surface area (Å²) in [5.41, 5.74) is -0.0761. The van der Waals surface area contributed by atoms with E-state index in [0.717, 1.165) is 76.8 Å². The molecule has 3 unspecified atom stereocenters. The second-order valence-corrected chi connectivity index (χ2v) is 9.06.